The van der Waals surface area contributed by atoms with Gasteiger partial charge in [-0.25, -0.2) is 9.97 Å². The lowest BCUT2D eigenvalue weighted by Crippen LogP contribution is -2.09. The van der Waals surface area contributed by atoms with E-state index < -0.39 is 0 Å². The molecule has 0 aliphatic carbocycles. The third-order valence-corrected chi connectivity index (χ3v) is 4.05. The largest absolute Gasteiger partial charge is 0.375 e. The van der Waals surface area contributed by atoms with Crippen LogP contribution in [0.2, 0.25) is 0 Å². The number of rotatable bonds is 4. The van der Waals surface area contributed by atoms with Crippen molar-refractivity contribution in [2.75, 3.05) is 5.32 Å². The average molecular weight is 285 g/mol. The van der Waals surface area contributed by atoms with E-state index >= 15 is 0 Å². The lowest BCUT2D eigenvalue weighted by Gasteiger charge is -2.16. The van der Waals surface area contributed by atoms with E-state index in [1.54, 1.807) is 23.7 Å². The highest BCUT2D eigenvalue weighted by molar-refractivity contribution is 7.09. The number of hydrogen-bond acceptors (Lipinski definition) is 5. The molecule has 102 valence electrons. The molecule has 6 heteroatoms. The first-order chi connectivity index (χ1) is 9.75. The lowest BCUT2D eigenvalue weighted by molar-refractivity contribution is 0.879. The van der Waals surface area contributed by atoms with Gasteiger partial charge in [0.25, 0.3) is 0 Å². The fourth-order valence-corrected chi connectivity index (χ4v) is 2.68. The second-order valence-electron chi connectivity index (χ2n) is 4.49. The maximum atomic E-state index is 4.46. The van der Waals surface area contributed by atoms with E-state index in [4.69, 9.17) is 0 Å². The molecule has 0 saturated carbocycles. The van der Waals surface area contributed by atoms with Crippen LogP contribution in [0.3, 0.4) is 0 Å². The number of pyridine rings is 1. The zero-order chi connectivity index (χ0) is 13.9. The number of nitrogens with zero attached hydrogens (tertiary/aromatic N) is 4. The summed E-state index contributed by atoms with van der Waals surface area (Å²) in [6, 6.07) is 4.14. The van der Waals surface area contributed by atoms with Crippen LogP contribution >= 0.6 is 11.3 Å². The van der Waals surface area contributed by atoms with Gasteiger partial charge in [-0.3, -0.25) is 9.55 Å². The highest BCUT2D eigenvalue weighted by Gasteiger charge is 2.12. The van der Waals surface area contributed by atoms with Crippen molar-refractivity contribution in [1.82, 2.24) is 19.5 Å². The fraction of sp³-hybridized carbons (Fsp3) is 0.214. The molecule has 0 bridgehead atoms. The molecular weight excluding hydrogens is 270 g/mol. The summed E-state index contributed by atoms with van der Waals surface area (Å²) in [5, 5.41) is 3.49. The highest BCUT2D eigenvalue weighted by atomic mass is 32.1. The zero-order valence-electron chi connectivity index (χ0n) is 11.3. The lowest BCUT2D eigenvalue weighted by atomic mass is 10.2. The Bertz CT molecular complexity index is 689. The van der Waals surface area contributed by atoms with Gasteiger partial charge in [0.05, 0.1) is 17.2 Å². The molecular formula is C14H15N5S. The highest BCUT2D eigenvalue weighted by Crippen LogP contribution is 2.25. The van der Waals surface area contributed by atoms with Gasteiger partial charge in [0, 0.05) is 29.7 Å². The van der Waals surface area contributed by atoms with Crippen LogP contribution in [0.15, 0.2) is 42.4 Å². The van der Waals surface area contributed by atoms with Gasteiger partial charge in [-0.2, -0.15) is 0 Å². The van der Waals surface area contributed by atoms with E-state index in [1.165, 1.54) is 4.88 Å². The van der Waals surface area contributed by atoms with Gasteiger partial charge >= 0.3 is 0 Å². The molecule has 0 spiro atoms. The monoisotopic (exact) mass is 285 g/mol. The first-order valence-corrected chi connectivity index (χ1v) is 7.24. The normalized spacial score (nSPS) is 12.3. The predicted octanol–water partition coefficient (Wildman–Crippen LogP) is 3.21. The van der Waals surface area contributed by atoms with Gasteiger partial charge in [-0.05, 0) is 26.0 Å². The molecule has 0 radical (unpaired) electrons. The molecule has 0 amide bonds. The van der Waals surface area contributed by atoms with E-state index in [2.05, 4.69) is 27.2 Å². The summed E-state index contributed by atoms with van der Waals surface area (Å²) in [7, 11) is 0. The molecule has 3 rings (SSSR count). The second kappa shape index (κ2) is 5.42. The molecule has 3 aromatic heterocycles. The Morgan fingerprint density at radius 1 is 1.30 bits per heavy atom. The summed E-state index contributed by atoms with van der Waals surface area (Å²) in [6.45, 7) is 4.08. The minimum atomic E-state index is 0.189. The third kappa shape index (κ3) is 2.42. The second-order valence-corrected chi connectivity index (χ2v) is 5.41. The van der Waals surface area contributed by atoms with Crippen LogP contribution in [0.4, 0.5) is 5.69 Å². The number of aryl methyl sites for hydroxylation is 1. The molecule has 5 nitrogen and oxygen atoms in total. The van der Waals surface area contributed by atoms with Gasteiger partial charge in [0.1, 0.15) is 5.82 Å². The van der Waals surface area contributed by atoms with Crippen LogP contribution in [0.5, 0.6) is 0 Å². The summed E-state index contributed by atoms with van der Waals surface area (Å²) in [6.07, 6.45) is 7.37. The summed E-state index contributed by atoms with van der Waals surface area (Å²) < 4.78 is 1.97. The van der Waals surface area contributed by atoms with Crippen LogP contribution in [0, 0.1) is 6.92 Å². The van der Waals surface area contributed by atoms with Crippen molar-refractivity contribution < 1.29 is 0 Å². The molecule has 3 aromatic rings. The van der Waals surface area contributed by atoms with Crippen LogP contribution in [0.25, 0.3) is 5.82 Å². The van der Waals surface area contributed by atoms with E-state index in [0.29, 0.717) is 0 Å². The molecule has 20 heavy (non-hydrogen) atoms. The number of nitrogens with one attached hydrogen (secondary N) is 1. The SMILES string of the molecule is Cc1nccn1-c1ncccc1NC(C)c1cncs1. The molecule has 1 N–H and O–H groups in total. The number of aromatic nitrogens is 4. The quantitative estimate of drug-likeness (QED) is 0.799. The Hall–Kier alpha value is -2.21. The Balaban J connectivity index is 1.93. The summed E-state index contributed by atoms with van der Waals surface area (Å²) in [4.78, 5) is 14.0. The molecule has 0 aliphatic rings. The maximum absolute atomic E-state index is 4.46. The Morgan fingerprint density at radius 2 is 2.20 bits per heavy atom. The molecule has 0 aromatic carbocycles. The van der Waals surface area contributed by atoms with Crippen molar-refractivity contribution in [1.29, 1.82) is 0 Å². The fourth-order valence-electron chi connectivity index (χ4n) is 2.05. The number of hydrogen-bond donors (Lipinski definition) is 1. The maximum Gasteiger partial charge on any atom is 0.161 e. The van der Waals surface area contributed by atoms with Crippen molar-refractivity contribution in [2.45, 2.75) is 19.9 Å². The van der Waals surface area contributed by atoms with Crippen LogP contribution < -0.4 is 5.32 Å². The Kier molecular flexibility index (Phi) is 3.47. The van der Waals surface area contributed by atoms with Crippen molar-refractivity contribution in [3.63, 3.8) is 0 Å². The minimum absolute atomic E-state index is 0.189. The summed E-state index contributed by atoms with van der Waals surface area (Å²) >= 11 is 1.64. The van der Waals surface area contributed by atoms with Crippen LogP contribution in [-0.4, -0.2) is 19.5 Å². The number of anilines is 1. The van der Waals surface area contributed by atoms with Gasteiger partial charge in [-0.15, -0.1) is 11.3 Å². The molecule has 3 heterocycles. The third-order valence-electron chi connectivity index (χ3n) is 3.09. The van der Waals surface area contributed by atoms with Crippen LogP contribution in [-0.2, 0) is 0 Å². The standard InChI is InChI=1S/C14H15N5S/c1-10(13-8-15-9-20-13)18-12-4-3-5-17-14(12)19-7-6-16-11(19)2/h3-10,18H,1-2H3. The van der Waals surface area contributed by atoms with Crippen molar-refractivity contribution in [3.05, 3.63) is 53.1 Å². The smallest absolute Gasteiger partial charge is 0.161 e. The minimum Gasteiger partial charge on any atom is -0.375 e. The molecule has 1 atom stereocenters. The molecule has 1 unspecified atom stereocenters. The van der Waals surface area contributed by atoms with Gasteiger partial charge in [0.15, 0.2) is 5.82 Å². The Morgan fingerprint density at radius 3 is 2.90 bits per heavy atom. The predicted molar refractivity (Wildman–Crippen MR) is 80.2 cm³/mol. The Labute approximate surface area is 121 Å². The van der Waals surface area contributed by atoms with Crippen molar-refractivity contribution >= 4 is 17.0 Å². The van der Waals surface area contributed by atoms with E-state index in [1.807, 2.05) is 41.5 Å². The molecule has 0 saturated heterocycles. The molecule has 0 aliphatic heterocycles. The van der Waals surface area contributed by atoms with E-state index in [9.17, 15) is 0 Å². The first-order valence-electron chi connectivity index (χ1n) is 6.36. The van der Waals surface area contributed by atoms with Gasteiger partial charge < -0.3 is 5.32 Å². The summed E-state index contributed by atoms with van der Waals surface area (Å²) in [5.41, 5.74) is 2.83. The van der Waals surface area contributed by atoms with E-state index in [-0.39, 0.29) is 6.04 Å². The van der Waals surface area contributed by atoms with Gasteiger partial charge in [0.2, 0.25) is 0 Å². The first kappa shape index (κ1) is 12.8. The zero-order valence-corrected chi connectivity index (χ0v) is 12.1. The number of thiazole rings is 1. The topological polar surface area (TPSA) is 55.6 Å². The van der Waals surface area contributed by atoms with E-state index in [0.717, 1.165) is 17.3 Å². The summed E-state index contributed by atoms with van der Waals surface area (Å²) in [5.74, 6) is 1.77. The molecule has 0 fully saturated rings. The average Bonchev–Trinajstić information content (AvgIpc) is 3.10. The van der Waals surface area contributed by atoms with Gasteiger partial charge in [-0.1, -0.05) is 0 Å². The van der Waals surface area contributed by atoms with Crippen molar-refractivity contribution in [3.8, 4) is 5.82 Å². The number of imidazole rings is 1. The van der Waals surface area contributed by atoms with Crippen LogP contribution in [0.1, 0.15) is 23.7 Å². The van der Waals surface area contributed by atoms with Crippen molar-refractivity contribution in [2.24, 2.45) is 0 Å².